The van der Waals surface area contributed by atoms with Crippen molar-refractivity contribution < 1.29 is 9.50 Å². The Hall–Kier alpha value is -0.970. The lowest BCUT2D eigenvalue weighted by atomic mass is 9.99. The van der Waals surface area contributed by atoms with Gasteiger partial charge in [-0.25, -0.2) is 4.39 Å². The molecule has 1 N–H and O–H groups in total. The number of β-amino-alcohol motifs (C(OH)–C–C–N with tert-alkyl or cyclic N) is 1. The number of aliphatic hydroxyl groups is 1. The van der Waals surface area contributed by atoms with Crippen molar-refractivity contribution in [1.82, 2.24) is 9.80 Å². The van der Waals surface area contributed by atoms with Crippen molar-refractivity contribution in [2.75, 3.05) is 33.2 Å². The second kappa shape index (κ2) is 7.87. The van der Waals surface area contributed by atoms with Crippen molar-refractivity contribution in [3.8, 4) is 0 Å². The van der Waals surface area contributed by atoms with Crippen LogP contribution in [0.1, 0.15) is 25.3 Å². The van der Waals surface area contributed by atoms with Gasteiger partial charge in [-0.3, -0.25) is 4.90 Å². The highest BCUT2D eigenvalue weighted by atomic mass is 19.1. The molecule has 1 aliphatic rings. The Morgan fingerprint density at radius 2 is 1.90 bits per heavy atom. The van der Waals surface area contributed by atoms with Crippen molar-refractivity contribution in [3.63, 3.8) is 0 Å². The smallest absolute Gasteiger partial charge is 0.123 e. The largest absolute Gasteiger partial charge is 0.390 e. The minimum atomic E-state index is -0.330. The van der Waals surface area contributed by atoms with E-state index in [9.17, 15) is 9.50 Å². The number of hydrogen-bond acceptors (Lipinski definition) is 3. The van der Waals surface area contributed by atoms with E-state index in [1.54, 1.807) is 12.1 Å². The zero-order valence-corrected chi connectivity index (χ0v) is 13.1. The quantitative estimate of drug-likeness (QED) is 0.872. The van der Waals surface area contributed by atoms with Crippen LogP contribution >= 0.6 is 0 Å². The van der Waals surface area contributed by atoms with Gasteiger partial charge in [0, 0.05) is 19.6 Å². The summed E-state index contributed by atoms with van der Waals surface area (Å²) in [5.74, 6) is 0.611. The minimum absolute atomic E-state index is 0.208. The summed E-state index contributed by atoms with van der Waals surface area (Å²) in [7, 11) is 1.99. The van der Waals surface area contributed by atoms with E-state index in [0.717, 1.165) is 37.7 Å². The van der Waals surface area contributed by atoms with Crippen molar-refractivity contribution in [2.24, 2.45) is 5.92 Å². The van der Waals surface area contributed by atoms with Crippen molar-refractivity contribution >= 4 is 0 Å². The summed E-state index contributed by atoms with van der Waals surface area (Å²) in [5, 5.41) is 10.2. The molecule has 0 radical (unpaired) electrons. The Labute approximate surface area is 127 Å². The molecule has 1 heterocycles. The summed E-state index contributed by atoms with van der Waals surface area (Å²) in [6.07, 6.45) is 2.14. The third-order valence-corrected chi connectivity index (χ3v) is 4.23. The monoisotopic (exact) mass is 294 g/mol. The number of aliphatic hydroxyl groups excluding tert-OH is 1. The highest BCUT2D eigenvalue weighted by molar-refractivity contribution is 5.15. The van der Waals surface area contributed by atoms with Gasteiger partial charge < -0.3 is 10.0 Å². The lowest BCUT2D eigenvalue weighted by Gasteiger charge is -2.32. The third kappa shape index (κ3) is 5.73. The van der Waals surface area contributed by atoms with Gasteiger partial charge in [0.1, 0.15) is 5.82 Å². The van der Waals surface area contributed by atoms with Crippen LogP contribution in [-0.4, -0.2) is 54.2 Å². The van der Waals surface area contributed by atoms with Crippen molar-refractivity contribution in [1.29, 1.82) is 0 Å². The van der Waals surface area contributed by atoms with E-state index >= 15 is 0 Å². The van der Waals surface area contributed by atoms with Gasteiger partial charge in [-0.1, -0.05) is 19.1 Å². The van der Waals surface area contributed by atoms with Crippen molar-refractivity contribution in [2.45, 2.75) is 32.4 Å². The molecule has 1 fully saturated rings. The first kappa shape index (κ1) is 16.4. The van der Waals surface area contributed by atoms with Crippen LogP contribution < -0.4 is 0 Å². The van der Waals surface area contributed by atoms with Crippen molar-refractivity contribution in [3.05, 3.63) is 35.6 Å². The Kier molecular flexibility index (Phi) is 6.15. The molecule has 1 unspecified atom stereocenters. The minimum Gasteiger partial charge on any atom is -0.390 e. The maximum Gasteiger partial charge on any atom is 0.123 e. The lowest BCUT2D eigenvalue weighted by molar-refractivity contribution is 0.0662. The molecule has 0 bridgehead atoms. The fourth-order valence-corrected chi connectivity index (χ4v) is 2.93. The highest BCUT2D eigenvalue weighted by Gasteiger charge is 2.19. The molecule has 1 aromatic rings. The van der Waals surface area contributed by atoms with Gasteiger partial charge in [0.2, 0.25) is 0 Å². The molecule has 21 heavy (non-hydrogen) atoms. The van der Waals surface area contributed by atoms with E-state index in [2.05, 4.69) is 16.7 Å². The Morgan fingerprint density at radius 1 is 1.29 bits per heavy atom. The van der Waals surface area contributed by atoms with Gasteiger partial charge in [-0.2, -0.15) is 0 Å². The SMILES string of the molecule is CC1CCN(CC(O)CN(C)Cc2ccc(F)cc2)CC1. The van der Waals surface area contributed by atoms with E-state index in [-0.39, 0.29) is 11.9 Å². The molecule has 1 saturated heterocycles. The maximum atomic E-state index is 12.9. The molecule has 1 atom stereocenters. The molecule has 1 aromatic carbocycles. The van der Waals surface area contributed by atoms with Crippen LogP contribution in [0.3, 0.4) is 0 Å². The fourth-order valence-electron chi connectivity index (χ4n) is 2.93. The van der Waals surface area contributed by atoms with Crippen LogP contribution in [0.2, 0.25) is 0 Å². The number of nitrogens with zero attached hydrogens (tertiary/aromatic N) is 2. The predicted octanol–water partition coefficient (Wildman–Crippen LogP) is 2.35. The van der Waals surface area contributed by atoms with Gasteiger partial charge in [0.15, 0.2) is 0 Å². The first-order chi connectivity index (χ1) is 10.0. The highest BCUT2D eigenvalue weighted by Crippen LogP contribution is 2.16. The van der Waals surface area contributed by atoms with E-state index in [0.29, 0.717) is 6.54 Å². The molecule has 118 valence electrons. The van der Waals surface area contributed by atoms with Crippen LogP contribution in [0, 0.1) is 11.7 Å². The molecule has 4 heteroatoms. The summed E-state index contributed by atoms with van der Waals surface area (Å²) in [5.41, 5.74) is 1.07. The molecular weight excluding hydrogens is 267 g/mol. The van der Waals surface area contributed by atoms with Gasteiger partial charge >= 0.3 is 0 Å². The Balaban J connectivity index is 1.71. The number of piperidine rings is 1. The van der Waals surface area contributed by atoms with Crippen LogP contribution in [0.25, 0.3) is 0 Å². The third-order valence-electron chi connectivity index (χ3n) is 4.23. The zero-order valence-electron chi connectivity index (χ0n) is 13.1. The van der Waals surface area contributed by atoms with Gasteiger partial charge in [-0.15, -0.1) is 0 Å². The summed E-state index contributed by atoms with van der Waals surface area (Å²) < 4.78 is 12.9. The summed E-state index contributed by atoms with van der Waals surface area (Å²) in [6.45, 7) is 6.61. The second-order valence-electron chi connectivity index (χ2n) is 6.46. The molecule has 0 spiro atoms. The number of likely N-dealkylation sites (tertiary alicyclic amines) is 1. The molecule has 0 saturated carbocycles. The van der Waals surface area contributed by atoms with Gasteiger partial charge in [-0.05, 0) is 56.6 Å². The molecule has 0 amide bonds. The normalized spacial score (nSPS) is 19.1. The van der Waals surface area contributed by atoms with Gasteiger partial charge in [0.05, 0.1) is 6.10 Å². The first-order valence-electron chi connectivity index (χ1n) is 7.86. The number of benzene rings is 1. The Morgan fingerprint density at radius 3 is 2.52 bits per heavy atom. The van der Waals surface area contributed by atoms with E-state index < -0.39 is 0 Å². The number of hydrogen-bond donors (Lipinski definition) is 1. The molecule has 0 aromatic heterocycles. The maximum absolute atomic E-state index is 12.9. The van der Waals surface area contributed by atoms with E-state index in [1.165, 1.54) is 25.0 Å². The number of rotatable bonds is 6. The number of halogens is 1. The molecule has 0 aliphatic carbocycles. The van der Waals surface area contributed by atoms with Crippen LogP contribution in [0.15, 0.2) is 24.3 Å². The lowest BCUT2D eigenvalue weighted by Crippen LogP contribution is -2.42. The fraction of sp³-hybridized carbons (Fsp3) is 0.647. The standard InChI is InChI=1S/C17H27FN2O/c1-14-7-9-20(10-8-14)13-17(21)12-19(2)11-15-3-5-16(18)6-4-15/h3-6,14,17,21H,7-13H2,1-2H3. The first-order valence-corrected chi connectivity index (χ1v) is 7.86. The average molecular weight is 294 g/mol. The van der Waals surface area contributed by atoms with Gasteiger partial charge in [0.25, 0.3) is 0 Å². The van der Waals surface area contributed by atoms with E-state index in [4.69, 9.17) is 0 Å². The molecule has 3 nitrogen and oxygen atoms in total. The topological polar surface area (TPSA) is 26.7 Å². The van der Waals surface area contributed by atoms with Crippen LogP contribution in [-0.2, 0) is 6.54 Å². The molecular formula is C17H27FN2O. The zero-order chi connectivity index (χ0) is 15.2. The summed E-state index contributed by atoms with van der Waals surface area (Å²) in [4.78, 5) is 4.45. The predicted molar refractivity (Wildman–Crippen MR) is 83.6 cm³/mol. The summed E-state index contributed by atoms with van der Waals surface area (Å²) in [6, 6.07) is 6.55. The molecule has 1 aliphatic heterocycles. The second-order valence-corrected chi connectivity index (χ2v) is 6.46. The number of likely N-dealkylation sites (N-methyl/N-ethyl adjacent to an activating group) is 1. The molecule has 2 rings (SSSR count). The summed E-state index contributed by atoms with van der Waals surface area (Å²) >= 11 is 0. The Bertz CT molecular complexity index is 415. The average Bonchev–Trinajstić information content (AvgIpc) is 2.44. The van der Waals surface area contributed by atoms with Crippen LogP contribution in [0.4, 0.5) is 4.39 Å². The van der Waals surface area contributed by atoms with E-state index in [1.807, 2.05) is 7.05 Å². The van der Waals surface area contributed by atoms with Crippen LogP contribution in [0.5, 0.6) is 0 Å².